The van der Waals surface area contributed by atoms with Gasteiger partial charge in [0.1, 0.15) is 0 Å². The van der Waals surface area contributed by atoms with Crippen LogP contribution in [0.5, 0.6) is 0 Å². The van der Waals surface area contributed by atoms with Gasteiger partial charge in [-0.05, 0) is 19.5 Å². The first-order chi connectivity index (χ1) is 6.49. The third-order valence-corrected chi connectivity index (χ3v) is 2.58. The summed E-state index contributed by atoms with van der Waals surface area (Å²) in [6.45, 7) is 7.61. The lowest BCUT2D eigenvalue weighted by Gasteiger charge is -2.12. The van der Waals surface area contributed by atoms with E-state index in [0.29, 0.717) is 6.61 Å². The Bertz CT molecular complexity index is 184. The first-order valence-electron chi connectivity index (χ1n) is 4.74. The molecule has 0 aromatic rings. The van der Waals surface area contributed by atoms with Crippen molar-refractivity contribution in [3.8, 4) is 0 Å². The van der Waals surface area contributed by atoms with Gasteiger partial charge in [-0.1, -0.05) is 18.2 Å². The van der Waals surface area contributed by atoms with E-state index >= 15 is 0 Å². The van der Waals surface area contributed by atoms with Gasteiger partial charge in [-0.3, -0.25) is 0 Å². The Morgan fingerprint density at radius 1 is 1.43 bits per heavy atom. The van der Waals surface area contributed by atoms with Crippen molar-refractivity contribution in [3.63, 3.8) is 0 Å². The maximum absolute atomic E-state index is 9.35. The zero-order valence-electron chi connectivity index (χ0n) is 8.94. The first kappa shape index (κ1) is 13.6. The van der Waals surface area contributed by atoms with Gasteiger partial charge >= 0.3 is 8.56 Å². The third kappa shape index (κ3) is 8.19. The molecule has 0 radical (unpaired) electrons. The zero-order chi connectivity index (χ0) is 11.0. The summed E-state index contributed by atoms with van der Waals surface area (Å²) < 4.78 is 5.20. The smallest absolute Gasteiger partial charge is 0.329 e. The van der Waals surface area contributed by atoms with Gasteiger partial charge in [-0.15, -0.1) is 6.58 Å². The van der Waals surface area contributed by atoms with Crippen LogP contribution in [0.2, 0.25) is 13.1 Å². The van der Waals surface area contributed by atoms with Gasteiger partial charge in [-0.25, -0.2) is 0 Å². The number of hydrogen-bond donors (Lipinski definition) is 2. The minimum atomic E-state index is -2.37. The summed E-state index contributed by atoms with van der Waals surface area (Å²) in [5, 5.41) is 8.84. The van der Waals surface area contributed by atoms with Crippen LogP contribution in [0.15, 0.2) is 24.8 Å². The molecule has 0 aromatic carbocycles. The van der Waals surface area contributed by atoms with E-state index < -0.39 is 8.56 Å². The Balaban J connectivity index is 3.59. The van der Waals surface area contributed by atoms with E-state index in [9.17, 15) is 4.80 Å². The number of allylic oxidation sites excluding steroid dienone is 1. The molecule has 0 aromatic heterocycles. The second-order valence-electron chi connectivity index (χ2n) is 3.64. The highest BCUT2D eigenvalue weighted by Gasteiger charge is 2.16. The van der Waals surface area contributed by atoms with E-state index in [2.05, 4.69) is 6.58 Å². The van der Waals surface area contributed by atoms with Crippen molar-refractivity contribution in [1.29, 1.82) is 0 Å². The molecular weight excluding hydrogens is 196 g/mol. The average molecular weight is 216 g/mol. The lowest BCUT2D eigenvalue weighted by molar-refractivity contribution is 0.253. The van der Waals surface area contributed by atoms with Gasteiger partial charge < -0.3 is 14.3 Å². The van der Waals surface area contributed by atoms with E-state index in [-0.39, 0.29) is 12.5 Å². The van der Waals surface area contributed by atoms with E-state index in [1.807, 2.05) is 12.2 Å². The standard InChI is InChI=1S/C10H20O3Si/c1-4-10(9-11)7-5-6-8-13-14(2,3)12/h4-6,10-12H,1,7-9H2,2-3H3. The van der Waals surface area contributed by atoms with Crippen molar-refractivity contribution < 1.29 is 14.3 Å². The second-order valence-corrected chi connectivity index (χ2v) is 6.83. The summed E-state index contributed by atoms with van der Waals surface area (Å²) in [5.74, 6) is 0.116. The summed E-state index contributed by atoms with van der Waals surface area (Å²) in [6.07, 6.45) is 6.28. The molecule has 1 atom stereocenters. The Hall–Kier alpha value is -0.423. The first-order valence-corrected chi connectivity index (χ1v) is 7.60. The highest BCUT2D eigenvalue weighted by Crippen LogP contribution is 2.04. The molecule has 0 aliphatic heterocycles. The molecule has 0 aliphatic carbocycles. The fourth-order valence-electron chi connectivity index (χ4n) is 0.836. The predicted octanol–water partition coefficient (Wildman–Crippen LogP) is 1.44. The van der Waals surface area contributed by atoms with Crippen molar-refractivity contribution in [3.05, 3.63) is 24.8 Å². The van der Waals surface area contributed by atoms with E-state index in [1.54, 1.807) is 19.2 Å². The molecular formula is C10H20O3Si. The lowest BCUT2D eigenvalue weighted by Crippen LogP contribution is -2.29. The average Bonchev–Trinajstić information content (AvgIpc) is 2.09. The normalized spacial score (nSPS) is 14.6. The van der Waals surface area contributed by atoms with Crippen molar-refractivity contribution in [1.82, 2.24) is 0 Å². The molecule has 3 nitrogen and oxygen atoms in total. The highest BCUT2D eigenvalue weighted by atomic mass is 28.4. The van der Waals surface area contributed by atoms with Gasteiger partial charge in [0.25, 0.3) is 0 Å². The maximum Gasteiger partial charge on any atom is 0.329 e. The molecule has 0 bridgehead atoms. The third-order valence-electron chi connectivity index (χ3n) is 1.71. The molecule has 0 fully saturated rings. The highest BCUT2D eigenvalue weighted by molar-refractivity contribution is 6.63. The van der Waals surface area contributed by atoms with E-state index in [1.165, 1.54) is 0 Å². The maximum atomic E-state index is 9.35. The summed E-state index contributed by atoms with van der Waals surface area (Å²) in [6, 6.07) is 0. The second kappa shape index (κ2) is 6.95. The Morgan fingerprint density at radius 2 is 2.07 bits per heavy atom. The molecule has 1 unspecified atom stereocenters. The van der Waals surface area contributed by atoms with Crippen molar-refractivity contribution >= 4 is 8.56 Å². The molecule has 0 heterocycles. The fraction of sp³-hybridized carbons (Fsp3) is 0.600. The molecule has 0 rings (SSSR count). The van der Waals surface area contributed by atoms with Crippen LogP contribution in [0.1, 0.15) is 6.42 Å². The van der Waals surface area contributed by atoms with Crippen LogP contribution in [-0.4, -0.2) is 31.7 Å². The molecule has 14 heavy (non-hydrogen) atoms. The van der Waals surface area contributed by atoms with Crippen LogP contribution < -0.4 is 0 Å². The largest absolute Gasteiger partial charge is 0.411 e. The Morgan fingerprint density at radius 3 is 2.50 bits per heavy atom. The number of hydrogen-bond acceptors (Lipinski definition) is 3. The SMILES string of the molecule is C=CC(CO)CC=CCO[Si](C)(C)O. The van der Waals surface area contributed by atoms with Gasteiger partial charge in [0.2, 0.25) is 0 Å². The van der Waals surface area contributed by atoms with Gasteiger partial charge in [-0.2, -0.15) is 0 Å². The number of aliphatic hydroxyl groups is 1. The van der Waals surface area contributed by atoms with Crippen LogP contribution in [0, 0.1) is 5.92 Å². The van der Waals surface area contributed by atoms with Crippen molar-refractivity contribution in [2.45, 2.75) is 19.5 Å². The Kier molecular flexibility index (Phi) is 6.74. The van der Waals surface area contributed by atoms with Gasteiger partial charge in [0, 0.05) is 12.5 Å². The monoisotopic (exact) mass is 216 g/mol. The molecule has 0 saturated carbocycles. The van der Waals surface area contributed by atoms with Crippen LogP contribution in [-0.2, 0) is 4.43 Å². The topological polar surface area (TPSA) is 49.7 Å². The lowest BCUT2D eigenvalue weighted by atomic mass is 10.1. The van der Waals surface area contributed by atoms with E-state index in [4.69, 9.17) is 9.53 Å². The number of aliphatic hydroxyl groups excluding tert-OH is 1. The summed E-state index contributed by atoms with van der Waals surface area (Å²) in [5.41, 5.74) is 0. The van der Waals surface area contributed by atoms with Crippen LogP contribution >= 0.6 is 0 Å². The summed E-state index contributed by atoms with van der Waals surface area (Å²) in [4.78, 5) is 9.35. The molecule has 0 amide bonds. The van der Waals surface area contributed by atoms with Gasteiger partial charge in [0.15, 0.2) is 0 Å². The molecule has 4 heteroatoms. The molecule has 82 valence electrons. The minimum Gasteiger partial charge on any atom is -0.411 e. The summed E-state index contributed by atoms with van der Waals surface area (Å²) in [7, 11) is -2.37. The zero-order valence-corrected chi connectivity index (χ0v) is 9.94. The molecule has 0 aliphatic rings. The molecule has 2 N–H and O–H groups in total. The minimum absolute atomic E-state index is 0.116. The predicted molar refractivity (Wildman–Crippen MR) is 60.2 cm³/mol. The van der Waals surface area contributed by atoms with Gasteiger partial charge in [0.05, 0.1) is 6.61 Å². The van der Waals surface area contributed by atoms with Crippen LogP contribution in [0.3, 0.4) is 0 Å². The van der Waals surface area contributed by atoms with Crippen molar-refractivity contribution in [2.24, 2.45) is 5.92 Å². The summed E-state index contributed by atoms with van der Waals surface area (Å²) >= 11 is 0. The molecule has 0 spiro atoms. The molecule has 0 saturated heterocycles. The fourth-order valence-corrected chi connectivity index (χ4v) is 1.34. The Labute approximate surface area is 87.0 Å². The number of rotatable bonds is 7. The van der Waals surface area contributed by atoms with E-state index in [0.717, 1.165) is 6.42 Å². The van der Waals surface area contributed by atoms with Crippen LogP contribution in [0.4, 0.5) is 0 Å². The van der Waals surface area contributed by atoms with Crippen molar-refractivity contribution in [2.75, 3.05) is 13.2 Å². The quantitative estimate of drug-likeness (QED) is 0.500. The van der Waals surface area contributed by atoms with Crippen LogP contribution in [0.25, 0.3) is 0 Å².